The van der Waals surface area contributed by atoms with Gasteiger partial charge in [-0.05, 0) is 48.3 Å². The number of rotatable bonds is 11. The molecule has 2 fully saturated rings. The van der Waals surface area contributed by atoms with E-state index in [0.717, 1.165) is 48.6 Å². The molecule has 1 aliphatic carbocycles. The van der Waals surface area contributed by atoms with Crippen molar-refractivity contribution in [2.24, 2.45) is 17.6 Å². The molecule has 3 aromatic rings. The number of nitrogens with one attached hydrogen (secondary N) is 7. The topological polar surface area (TPSA) is 233 Å². The van der Waals surface area contributed by atoms with Gasteiger partial charge in [0.25, 0.3) is 0 Å². The van der Waals surface area contributed by atoms with Crippen molar-refractivity contribution in [3.63, 3.8) is 0 Å². The average molecular weight is 799 g/mol. The van der Waals surface area contributed by atoms with Crippen LogP contribution in [0.4, 0.5) is 0 Å². The molecule has 0 spiro atoms. The first-order valence-corrected chi connectivity index (χ1v) is 20.5. The monoisotopic (exact) mass is 798 g/mol. The van der Waals surface area contributed by atoms with Crippen LogP contribution in [0.25, 0.3) is 10.9 Å². The number of benzene rings is 2. The van der Waals surface area contributed by atoms with Gasteiger partial charge in [0.2, 0.25) is 41.4 Å². The van der Waals surface area contributed by atoms with Crippen molar-refractivity contribution in [1.82, 2.24) is 36.9 Å². The van der Waals surface area contributed by atoms with Gasteiger partial charge in [0, 0.05) is 49.3 Å². The van der Waals surface area contributed by atoms with Crippen molar-refractivity contribution >= 4 is 52.3 Å². The standard InChI is InChI=1S/C43H58N8O7/c1-26(2)21-33-41(56)50-35(23-28-13-7-4-8-14-28)42(57)48-32(17-18-37(44)52)40(55)51-36(24-29-25-46-31-16-10-9-15-30(29)31)43(58)49-34(22-27-11-5-3-6-12-27)39(54)45-20-19-38(53)47-33/h3,5-6,9-12,15-16,25-26,28,32-36,46H,4,7-8,13-14,17-24H2,1-2H3,(H2,44,52)(H,45,54)(H,47,53)(H,48,57)(H,49,58)(H,50,56)(H,51,55)/t32-,33?,34?,35?,36-/m0/s1. The fraction of sp³-hybridized carbons (Fsp3) is 0.512. The van der Waals surface area contributed by atoms with Gasteiger partial charge in [-0.15, -0.1) is 0 Å². The molecule has 1 aliphatic heterocycles. The van der Waals surface area contributed by atoms with Crippen LogP contribution in [0.5, 0.6) is 0 Å². The molecule has 58 heavy (non-hydrogen) atoms. The van der Waals surface area contributed by atoms with E-state index >= 15 is 0 Å². The van der Waals surface area contributed by atoms with Crippen molar-refractivity contribution < 1.29 is 33.6 Å². The van der Waals surface area contributed by atoms with E-state index in [9.17, 15) is 33.6 Å². The van der Waals surface area contributed by atoms with Crippen molar-refractivity contribution in [3.8, 4) is 0 Å². The number of hydrogen-bond donors (Lipinski definition) is 8. The van der Waals surface area contributed by atoms with Crippen LogP contribution >= 0.6 is 0 Å². The predicted octanol–water partition coefficient (Wildman–Crippen LogP) is 2.18. The molecule has 2 aromatic carbocycles. The second-order valence-electron chi connectivity index (χ2n) is 16.0. The third-order valence-electron chi connectivity index (χ3n) is 10.9. The van der Waals surface area contributed by atoms with E-state index < -0.39 is 71.6 Å². The minimum Gasteiger partial charge on any atom is -0.370 e. The van der Waals surface area contributed by atoms with Gasteiger partial charge in [0.05, 0.1) is 0 Å². The quantitative estimate of drug-likeness (QED) is 0.144. The Balaban J connectivity index is 1.51. The van der Waals surface area contributed by atoms with Gasteiger partial charge in [-0.3, -0.25) is 33.6 Å². The normalized spacial score (nSPS) is 23.7. The number of aromatic nitrogens is 1. The zero-order chi connectivity index (χ0) is 41.6. The molecule has 9 N–H and O–H groups in total. The molecule has 15 heteroatoms. The van der Waals surface area contributed by atoms with Gasteiger partial charge in [0.15, 0.2) is 0 Å². The first kappa shape index (κ1) is 43.4. The average Bonchev–Trinajstić information content (AvgIpc) is 3.60. The van der Waals surface area contributed by atoms with Gasteiger partial charge in [-0.1, -0.05) is 94.5 Å². The van der Waals surface area contributed by atoms with Gasteiger partial charge in [0.1, 0.15) is 30.2 Å². The van der Waals surface area contributed by atoms with Gasteiger partial charge in [-0.2, -0.15) is 0 Å². The number of carbonyl (C=O) groups is 7. The zero-order valence-corrected chi connectivity index (χ0v) is 33.4. The first-order chi connectivity index (χ1) is 27.9. The van der Waals surface area contributed by atoms with E-state index in [0.29, 0.717) is 12.0 Å². The van der Waals surface area contributed by atoms with Crippen LogP contribution in [0.3, 0.4) is 0 Å². The number of aromatic amines is 1. The summed E-state index contributed by atoms with van der Waals surface area (Å²) in [5, 5.41) is 17.7. The van der Waals surface area contributed by atoms with E-state index in [1.807, 2.05) is 68.4 Å². The van der Waals surface area contributed by atoms with Crippen molar-refractivity contribution in [1.29, 1.82) is 0 Å². The van der Waals surface area contributed by atoms with Crippen LogP contribution in [-0.4, -0.2) is 83.1 Å². The number of nitrogens with two attached hydrogens (primary N) is 1. The van der Waals surface area contributed by atoms with Crippen LogP contribution in [-0.2, 0) is 46.4 Å². The molecule has 7 amide bonds. The second kappa shape index (κ2) is 21.1. The van der Waals surface area contributed by atoms with Crippen molar-refractivity contribution in [2.45, 2.75) is 121 Å². The molecule has 1 saturated heterocycles. The third kappa shape index (κ3) is 12.9. The second-order valence-corrected chi connectivity index (χ2v) is 16.0. The molecular formula is C43H58N8O7. The summed E-state index contributed by atoms with van der Waals surface area (Å²) in [5.74, 6) is -4.16. The summed E-state index contributed by atoms with van der Waals surface area (Å²) in [5.41, 5.74) is 7.81. The molecule has 1 saturated carbocycles. The molecule has 2 aliphatic rings. The Hall–Kier alpha value is -5.73. The van der Waals surface area contributed by atoms with Crippen LogP contribution in [0, 0.1) is 11.8 Å². The van der Waals surface area contributed by atoms with E-state index in [4.69, 9.17) is 5.73 Å². The lowest BCUT2D eigenvalue weighted by atomic mass is 9.84. The van der Waals surface area contributed by atoms with Crippen LogP contribution in [0.2, 0.25) is 0 Å². The largest absolute Gasteiger partial charge is 0.370 e. The summed E-state index contributed by atoms with van der Waals surface area (Å²) in [7, 11) is 0. The maximum absolute atomic E-state index is 14.3. The number of amides is 7. The minimum absolute atomic E-state index is 0.00409. The molecule has 1 aromatic heterocycles. The number of primary amides is 1. The summed E-state index contributed by atoms with van der Waals surface area (Å²) in [4.78, 5) is 99.0. The van der Waals surface area contributed by atoms with E-state index in [2.05, 4.69) is 36.9 Å². The molecule has 15 nitrogen and oxygen atoms in total. The highest BCUT2D eigenvalue weighted by Gasteiger charge is 2.35. The fourth-order valence-corrected chi connectivity index (χ4v) is 7.81. The molecule has 2 heterocycles. The summed E-state index contributed by atoms with van der Waals surface area (Å²) < 4.78 is 0. The molecule has 5 rings (SSSR count). The van der Waals surface area contributed by atoms with E-state index in [-0.39, 0.29) is 56.9 Å². The van der Waals surface area contributed by atoms with Crippen LogP contribution < -0.4 is 37.6 Å². The first-order valence-electron chi connectivity index (χ1n) is 20.5. The molecule has 0 radical (unpaired) electrons. The van der Waals surface area contributed by atoms with Gasteiger partial charge in [-0.25, -0.2) is 0 Å². The highest BCUT2D eigenvalue weighted by Crippen LogP contribution is 2.28. The van der Waals surface area contributed by atoms with E-state index in [1.165, 1.54) is 0 Å². The van der Waals surface area contributed by atoms with Crippen molar-refractivity contribution in [3.05, 3.63) is 71.9 Å². The Morgan fingerprint density at radius 1 is 0.690 bits per heavy atom. The zero-order valence-electron chi connectivity index (χ0n) is 33.4. The Bertz CT molecular complexity index is 1910. The maximum Gasteiger partial charge on any atom is 0.243 e. The lowest BCUT2D eigenvalue weighted by Crippen LogP contribution is -2.59. The summed E-state index contributed by atoms with van der Waals surface area (Å²) >= 11 is 0. The predicted molar refractivity (Wildman–Crippen MR) is 219 cm³/mol. The Kier molecular flexibility index (Phi) is 15.8. The fourth-order valence-electron chi connectivity index (χ4n) is 7.81. The summed E-state index contributed by atoms with van der Waals surface area (Å²) in [6, 6.07) is 10.9. The number of para-hydroxylation sites is 1. The minimum atomic E-state index is -1.32. The van der Waals surface area contributed by atoms with Crippen LogP contribution in [0.1, 0.15) is 89.2 Å². The molecule has 312 valence electrons. The summed E-state index contributed by atoms with van der Waals surface area (Å²) in [6.45, 7) is 3.75. The number of H-pyrrole nitrogens is 1. The number of carbonyl (C=O) groups excluding carboxylic acids is 7. The van der Waals surface area contributed by atoms with Crippen molar-refractivity contribution in [2.75, 3.05) is 6.54 Å². The molecular weight excluding hydrogens is 741 g/mol. The molecule has 3 unspecified atom stereocenters. The summed E-state index contributed by atoms with van der Waals surface area (Å²) in [6.07, 6.45) is 6.69. The van der Waals surface area contributed by atoms with Gasteiger partial charge >= 0.3 is 0 Å². The number of hydrogen-bond acceptors (Lipinski definition) is 7. The lowest BCUT2D eigenvalue weighted by molar-refractivity contribution is -0.135. The SMILES string of the molecule is CC(C)CC1NC(=O)CCNC(=O)C(Cc2ccccc2)NC(=O)[C@H](Cc2c[nH]c3ccccc23)NC(=O)[C@H](CCC(N)=O)NC(=O)C(CC2CCCCC2)NC1=O. The van der Waals surface area contributed by atoms with Gasteiger partial charge < -0.3 is 42.6 Å². The Morgan fingerprint density at radius 3 is 2.00 bits per heavy atom. The Morgan fingerprint density at radius 2 is 1.29 bits per heavy atom. The highest BCUT2D eigenvalue weighted by atomic mass is 16.2. The number of fused-ring (bicyclic) bond motifs is 1. The van der Waals surface area contributed by atoms with E-state index in [1.54, 1.807) is 6.20 Å². The smallest absolute Gasteiger partial charge is 0.243 e. The maximum atomic E-state index is 14.3. The molecule has 5 atom stereocenters. The lowest BCUT2D eigenvalue weighted by Gasteiger charge is -2.30. The molecule has 0 bridgehead atoms. The Labute approximate surface area is 339 Å². The third-order valence-corrected chi connectivity index (χ3v) is 10.9. The highest BCUT2D eigenvalue weighted by molar-refractivity contribution is 5.97. The van der Waals surface area contributed by atoms with Crippen LogP contribution in [0.15, 0.2) is 60.8 Å².